The zero-order chi connectivity index (χ0) is 11.1. The Balaban J connectivity index is 3.07. The van der Waals surface area contributed by atoms with Gasteiger partial charge in [0.05, 0.1) is 11.6 Å². The number of aliphatic hydroxyl groups is 1. The van der Waals surface area contributed by atoms with Gasteiger partial charge in [0, 0.05) is 12.5 Å². The second-order valence-corrected chi connectivity index (χ2v) is 5.37. The lowest BCUT2D eigenvalue weighted by molar-refractivity contribution is -0.158. The van der Waals surface area contributed by atoms with E-state index in [1.165, 1.54) is 0 Å². The molecule has 0 saturated carbocycles. The molecule has 0 radical (unpaired) electrons. The molecule has 3 nitrogen and oxygen atoms in total. The summed E-state index contributed by atoms with van der Waals surface area (Å²) >= 11 is 0. The summed E-state index contributed by atoms with van der Waals surface area (Å²) in [5.41, 5.74) is -0.595. The van der Waals surface area contributed by atoms with E-state index < -0.39 is 11.6 Å². The minimum absolute atomic E-state index is 0.0405. The molecule has 0 spiro atoms. The molecule has 0 bridgehead atoms. The van der Waals surface area contributed by atoms with E-state index in [1.807, 2.05) is 18.7 Å². The quantitative estimate of drug-likeness (QED) is 0.643. The first-order chi connectivity index (χ1) is 6.19. The summed E-state index contributed by atoms with van der Waals surface area (Å²) in [6.45, 7) is 9.55. The Bertz CT molecular complexity index is 246. The molecule has 1 heterocycles. The predicted molar refractivity (Wildman–Crippen MR) is 55.9 cm³/mol. The van der Waals surface area contributed by atoms with Gasteiger partial charge >= 0.3 is 0 Å². The van der Waals surface area contributed by atoms with Crippen molar-refractivity contribution in [2.24, 2.45) is 0 Å². The highest BCUT2D eigenvalue weighted by molar-refractivity contribution is 5.75. The molecule has 0 aromatic heterocycles. The highest BCUT2D eigenvalue weighted by atomic mass is 16.3. The SMILES string of the molecule is CC(=O)N1C(C)(C)CCC(O)C1(C)C. The lowest BCUT2D eigenvalue weighted by Crippen LogP contribution is -2.65. The number of carbonyl (C=O) groups excluding carboxylic acids is 1. The second kappa shape index (κ2) is 3.23. The van der Waals surface area contributed by atoms with Crippen LogP contribution in [0.3, 0.4) is 0 Å². The summed E-state index contributed by atoms with van der Waals surface area (Å²) in [7, 11) is 0. The van der Waals surface area contributed by atoms with Crippen molar-refractivity contribution < 1.29 is 9.90 Å². The van der Waals surface area contributed by atoms with E-state index in [-0.39, 0.29) is 11.4 Å². The minimum Gasteiger partial charge on any atom is -0.391 e. The van der Waals surface area contributed by atoms with Gasteiger partial charge in [-0.3, -0.25) is 4.79 Å². The normalized spacial score (nSPS) is 30.1. The number of aliphatic hydroxyl groups excluding tert-OH is 1. The smallest absolute Gasteiger partial charge is 0.220 e. The number of carbonyl (C=O) groups is 1. The van der Waals surface area contributed by atoms with Crippen LogP contribution in [0, 0.1) is 0 Å². The van der Waals surface area contributed by atoms with Crippen LogP contribution in [0.1, 0.15) is 47.5 Å². The maximum Gasteiger partial charge on any atom is 0.220 e. The number of rotatable bonds is 0. The van der Waals surface area contributed by atoms with E-state index in [2.05, 4.69) is 13.8 Å². The first-order valence-corrected chi connectivity index (χ1v) is 5.18. The fourth-order valence-corrected chi connectivity index (χ4v) is 2.72. The van der Waals surface area contributed by atoms with Crippen molar-refractivity contribution >= 4 is 5.91 Å². The third kappa shape index (κ3) is 1.65. The molecule has 1 saturated heterocycles. The highest BCUT2D eigenvalue weighted by Crippen LogP contribution is 2.38. The van der Waals surface area contributed by atoms with Crippen molar-refractivity contribution in [3.05, 3.63) is 0 Å². The lowest BCUT2D eigenvalue weighted by atomic mass is 9.78. The number of likely N-dealkylation sites (tertiary alicyclic amines) is 1. The van der Waals surface area contributed by atoms with Gasteiger partial charge in [0.2, 0.25) is 5.91 Å². The number of hydrogen-bond donors (Lipinski definition) is 1. The summed E-state index contributed by atoms with van der Waals surface area (Å²) in [6.07, 6.45) is 1.21. The Morgan fingerprint density at radius 1 is 1.36 bits per heavy atom. The number of amides is 1. The van der Waals surface area contributed by atoms with Crippen LogP contribution >= 0.6 is 0 Å². The molecule has 82 valence electrons. The Morgan fingerprint density at radius 2 is 1.86 bits per heavy atom. The van der Waals surface area contributed by atoms with E-state index in [0.717, 1.165) is 12.8 Å². The molecular formula is C11H21NO2. The summed E-state index contributed by atoms with van der Waals surface area (Å²) in [4.78, 5) is 13.4. The lowest BCUT2D eigenvalue weighted by Gasteiger charge is -2.54. The first kappa shape index (κ1) is 11.5. The summed E-state index contributed by atoms with van der Waals surface area (Å²) < 4.78 is 0. The van der Waals surface area contributed by atoms with Crippen LogP contribution < -0.4 is 0 Å². The summed E-state index contributed by atoms with van der Waals surface area (Å²) in [5, 5.41) is 9.89. The van der Waals surface area contributed by atoms with Crippen molar-refractivity contribution in [3.8, 4) is 0 Å². The zero-order valence-electron chi connectivity index (χ0n) is 9.79. The number of nitrogens with zero attached hydrogens (tertiary/aromatic N) is 1. The van der Waals surface area contributed by atoms with Crippen LogP contribution in [0.5, 0.6) is 0 Å². The van der Waals surface area contributed by atoms with E-state index in [0.29, 0.717) is 0 Å². The van der Waals surface area contributed by atoms with E-state index in [9.17, 15) is 9.90 Å². The van der Waals surface area contributed by atoms with E-state index >= 15 is 0 Å². The molecule has 1 aliphatic rings. The standard InChI is InChI=1S/C11H21NO2/c1-8(13)12-10(2,3)7-6-9(14)11(12,4)5/h9,14H,6-7H2,1-5H3. The molecular weight excluding hydrogens is 178 g/mol. The predicted octanol–water partition coefficient (Wildman–Crippen LogP) is 1.55. The van der Waals surface area contributed by atoms with Gasteiger partial charge in [-0.05, 0) is 40.5 Å². The van der Waals surface area contributed by atoms with Crippen molar-refractivity contribution in [2.75, 3.05) is 0 Å². The third-order valence-electron chi connectivity index (χ3n) is 3.34. The maximum atomic E-state index is 11.6. The van der Waals surface area contributed by atoms with Gasteiger partial charge in [0.25, 0.3) is 0 Å². The second-order valence-electron chi connectivity index (χ2n) is 5.37. The van der Waals surface area contributed by atoms with Crippen molar-refractivity contribution in [1.29, 1.82) is 0 Å². The van der Waals surface area contributed by atoms with Gasteiger partial charge in [-0.1, -0.05) is 0 Å². The minimum atomic E-state index is -0.451. The topological polar surface area (TPSA) is 40.5 Å². The van der Waals surface area contributed by atoms with E-state index in [4.69, 9.17) is 0 Å². The Labute approximate surface area is 86.1 Å². The molecule has 1 atom stereocenters. The average Bonchev–Trinajstić information content (AvgIpc) is 1.95. The monoisotopic (exact) mass is 199 g/mol. The van der Waals surface area contributed by atoms with Gasteiger partial charge < -0.3 is 10.0 Å². The van der Waals surface area contributed by atoms with Crippen molar-refractivity contribution in [3.63, 3.8) is 0 Å². The third-order valence-corrected chi connectivity index (χ3v) is 3.34. The Hall–Kier alpha value is -0.570. The molecule has 14 heavy (non-hydrogen) atoms. The highest BCUT2D eigenvalue weighted by Gasteiger charge is 2.47. The van der Waals surface area contributed by atoms with Gasteiger partial charge in [0.15, 0.2) is 0 Å². The average molecular weight is 199 g/mol. The number of hydrogen-bond acceptors (Lipinski definition) is 2. The molecule has 0 aliphatic carbocycles. The first-order valence-electron chi connectivity index (χ1n) is 5.18. The van der Waals surface area contributed by atoms with Crippen LogP contribution in [-0.2, 0) is 4.79 Å². The fourth-order valence-electron chi connectivity index (χ4n) is 2.72. The molecule has 1 amide bonds. The van der Waals surface area contributed by atoms with Gasteiger partial charge in [-0.15, -0.1) is 0 Å². The van der Waals surface area contributed by atoms with Crippen LogP contribution in [0.2, 0.25) is 0 Å². The molecule has 1 N–H and O–H groups in total. The van der Waals surface area contributed by atoms with Crippen LogP contribution in [0.25, 0.3) is 0 Å². The Morgan fingerprint density at radius 3 is 2.21 bits per heavy atom. The van der Waals surface area contributed by atoms with Gasteiger partial charge in [-0.25, -0.2) is 0 Å². The summed E-state index contributed by atoms with van der Waals surface area (Å²) in [5.74, 6) is 0.0405. The number of piperidine rings is 1. The van der Waals surface area contributed by atoms with Crippen molar-refractivity contribution in [1.82, 2.24) is 4.90 Å². The molecule has 1 unspecified atom stereocenters. The maximum absolute atomic E-state index is 11.6. The fraction of sp³-hybridized carbons (Fsp3) is 0.909. The molecule has 0 aromatic rings. The largest absolute Gasteiger partial charge is 0.391 e. The van der Waals surface area contributed by atoms with Crippen LogP contribution in [0.4, 0.5) is 0 Å². The zero-order valence-corrected chi connectivity index (χ0v) is 9.79. The molecule has 1 aliphatic heterocycles. The van der Waals surface area contributed by atoms with Gasteiger partial charge in [0.1, 0.15) is 0 Å². The molecule has 1 rings (SSSR count). The van der Waals surface area contributed by atoms with Crippen molar-refractivity contribution in [2.45, 2.75) is 64.6 Å². The molecule has 3 heteroatoms. The summed E-state index contributed by atoms with van der Waals surface area (Å²) in [6, 6.07) is 0. The molecule has 0 aromatic carbocycles. The Kier molecular flexibility index (Phi) is 2.65. The molecule has 1 fully saturated rings. The van der Waals surface area contributed by atoms with Gasteiger partial charge in [-0.2, -0.15) is 0 Å². The van der Waals surface area contributed by atoms with E-state index in [1.54, 1.807) is 6.92 Å². The van der Waals surface area contributed by atoms with Crippen LogP contribution in [-0.4, -0.2) is 33.1 Å². The van der Waals surface area contributed by atoms with Crippen LogP contribution in [0.15, 0.2) is 0 Å².